The molecule has 0 aromatic heterocycles. The van der Waals surface area contributed by atoms with Gasteiger partial charge in [-0.05, 0) is 63.4 Å². The average Bonchev–Trinajstić information content (AvgIpc) is 2.46. The highest BCUT2D eigenvalue weighted by atomic mass is 32.2. The first-order chi connectivity index (χ1) is 10.6. The Hall–Kier alpha value is -1.28. The lowest BCUT2D eigenvalue weighted by Gasteiger charge is -2.32. The van der Waals surface area contributed by atoms with E-state index in [0.29, 0.717) is 12.0 Å². The summed E-state index contributed by atoms with van der Waals surface area (Å²) in [5.41, 5.74) is -4.42. The zero-order valence-corrected chi connectivity index (χ0v) is 13.8. The van der Waals surface area contributed by atoms with Crippen LogP contribution >= 0.6 is 0 Å². The third-order valence-electron chi connectivity index (χ3n) is 4.27. The van der Waals surface area contributed by atoms with Crippen molar-refractivity contribution >= 4 is 10.1 Å². The van der Waals surface area contributed by atoms with Crippen LogP contribution in [0.3, 0.4) is 0 Å². The first-order valence-corrected chi connectivity index (χ1v) is 8.78. The molecule has 1 aromatic carbocycles. The lowest BCUT2D eigenvalue weighted by molar-refractivity contribution is -0.0500. The van der Waals surface area contributed by atoms with Crippen LogP contribution < -0.4 is 4.18 Å². The SMILES string of the molecule is CN(C)C1CCC(c2ccc(OS(=O)(=O)C(F)(F)F)cc2)CC1. The Bertz CT molecular complexity index is 618. The third-order valence-corrected chi connectivity index (χ3v) is 5.25. The zero-order chi connectivity index (χ0) is 17.3. The molecule has 0 bridgehead atoms. The van der Waals surface area contributed by atoms with Crippen molar-refractivity contribution in [2.75, 3.05) is 14.1 Å². The lowest BCUT2D eigenvalue weighted by atomic mass is 9.81. The summed E-state index contributed by atoms with van der Waals surface area (Å²) in [6.45, 7) is 0. The van der Waals surface area contributed by atoms with Gasteiger partial charge in [0, 0.05) is 6.04 Å². The second-order valence-corrected chi connectivity index (χ2v) is 7.56. The Balaban J connectivity index is 2.01. The van der Waals surface area contributed by atoms with Gasteiger partial charge >= 0.3 is 15.6 Å². The van der Waals surface area contributed by atoms with Crippen LogP contribution in [0.2, 0.25) is 0 Å². The van der Waals surface area contributed by atoms with Crippen molar-refractivity contribution in [2.45, 2.75) is 43.2 Å². The molecule has 1 aliphatic carbocycles. The van der Waals surface area contributed by atoms with Crippen LogP contribution in [0.25, 0.3) is 0 Å². The molecule has 23 heavy (non-hydrogen) atoms. The van der Waals surface area contributed by atoms with E-state index < -0.39 is 15.6 Å². The molecule has 0 N–H and O–H groups in total. The zero-order valence-electron chi connectivity index (χ0n) is 13.0. The third kappa shape index (κ3) is 4.38. The van der Waals surface area contributed by atoms with Gasteiger partial charge in [-0.1, -0.05) is 12.1 Å². The van der Waals surface area contributed by atoms with Crippen LogP contribution in [0, 0.1) is 0 Å². The maximum Gasteiger partial charge on any atom is 0.534 e. The largest absolute Gasteiger partial charge is 0.534 e. The van der Waals surface area contributed by atoms with Crippen molar-refractivity contribution in [3.8, 4) is 5.75 Å². The maximum atomic E-state index is 12.3. The van der Waals surface area contributed by atoms with Crippen molar-refractivity contribution in [1.29, 1.82) is 0 Å². The number of alkyl halides is 3. The highest BCUT2D eigenvalue weighted by Crippen LogP contribution is 2.35. The Morgan fingerprint density at radius 1 is 1.04 bits per heavy atom. The van der Waals surface area contributed by atoms with Crippen molar-refractivity contribution in [2.24, 2.45) is 0 Å². The van der Waals surface area contributed by atoms with Gasteiger partial charge in [-0.2, -0.15) is 21.6 Å². The fraction of sp³-hybridized carbons (Fsp3) is 0.600. The van der Waals surface area contributed by atoms with Crippen LogP contribution in [0.5, 0.6) is 5.75 Å². The van der Waals surface area contributed by atoms with E-state index in [0.717, 1.165) is 31.2 Å². The molecule has 0 aliphatic heterocycles. The molecule has 0 spiro atoms. The van der Waals surface area contributed by atoms with Gasteiger partial charge in [0.05, 0.1) is 0 Å². The van der Waals surface area contributed by atoms with Gasteiger partial charge in [-0.25, -0.2) is 0 Å². The van der Waals surface area contributed by atoms with Crippen LogP contribution in [0.4, 0.5) is 13.2 Å². The summed E-state index contributed by atoms with van der Waals surface area (Å²) in [4.78, 5) is 2.20. The molecule has 130 valence electrons. The molecular formula is C15H20F3NO3S. The number of rotatable bonds is 4. The van der Waals surface area contributed by atoms with Gasteiger partial charge in [0.25, 0.3) is 0 Å². The van der Waals surface area contributed by atoms with E-state index in [1.807, 2.05) is 0 Å². The normalized spacial score (nSPS) is 23.0. The van der Waals surface area contributed by atoms with E-state index in [4.69, 9.17) is 0 Å². The summed E-state index contributed by atoms with van der Waals surface area (Å²) < 4.78 is 62.8. The second kappa shape index (κ2) is 6.68. The molecule has 0 radical (unpaired) electrons. The van der Waals surface area contributed by atoms with E-state index >= 15 is 0 Å². The molecule has 2 rings (SSSR count). The first kappa shape index (κ1) is 18.1. The first-order valence-electron chi connectivity index (χ1n) is 7.37. The number of hydrogen-bond acceptors (Lipinski definition) is 4. The smallest absolute Gasteiger partial charge is 0.376 e. The topological polar surface area (TPSA) is 46.6 Å². The summed E-state index contributed by atoms with van der Waals surface area (Å²) in [5, 5.41) is 0. The Morgan fingerprint density at radius 2 is 1.57 bits per heavy atom. The van der Waals surface area contributed by atoms with Crippen LogP contribution in [0.15, 0.2) is 24.3 Å². The van der Waals surface area contributed by atoms with Gasteiger partial charge < -0.3 is 9.08 Å². The highest BCUT2D eigenvalue weighted by Gasteiger charge is 2.48. The predicted octanol–water partition coefficient (Wildman–Crippen LogP) is 3.50. The molecule has 1 fully saturated rings. The second-order valence-electron chi connectivity index (χ2n) is 6.02. The van der Waals surface area contributed by atoms with E-state index in [-0.39, 0.29) is 5.75 Å². The molecule has 0 atom stereocenters. The minimum Gasteiger partial charge on any atom is -0.376 e. The minimum absolute atomic E-state index is 0.326. The van der Waals surface area contributed by atoms with Gasteiger partial charge in [0.15, 0.2) is 0 Å². The molecule has 0 unspecified atom stereocenters. The summed E-state index contributed by atoms with van der Waals surface area (Å²) in [7, 11) is -1.50. The monoisotopic (exact) mass is 351 g/mol. The fourth-order valence-electron chi connectivity index (χ4n) is 2.90. The van der Waals surface area contributed by atoms with Gasteiger partial charge in [0.1, 0.15) is 5.75 Å². The number of hydrogen-bond donors (Lipinski definition) is 0. The highest BCUT2D eigenvalue weighted by molar-refractivity contribution is 7.87. The average molecular weight is 351 g/mol. The summed E-state index contributed by atoms with van der Waals surface area (Å²) in [6, 6.07) is 6.39. The molecule has 1 saturated carbocycles. The molecule has 8 heteroatoms. The van der Waals surface area contributed by atoms with E-state index in [1.54, 1.807) is 12.1 Å². The van der Waals surface area contributed by atoms with Crippen molar-refractivity contribution in [1.82, 2.24) is 4.90 Å². The summed E-state index contributed by atoms with van der Waals surface area (Å²) >= 11 is 0. The van der Waals surface area contributed by atoms with E-state index in [9.17, 15) is 21.6 Å². The van der Waals surface area contributed by atoms with Gasteiger partial charge in [0.2, 0.25) is 0 Å². The Labute approximate surface area is 134 Å². The molecule has 0 amide bonds. The predicted molar refractivity (Wildman–Crippen MR) is 80.7 cm³/mol. The summed E-state index contributed by atoms with van der Waals surface area (Å²) in [6.07, 6.45) is 4.14. The molecule has 0 saturated heterocycles. The van der Waals surface area contributed by atoms with Crippen LogP contribution in [-0.2, 0) is 10.1 Å². The maximum absolute atomic E-state index is 12.3. The van der Waals surface area contributed by atoms with Crippen molar-refractivity contribution in [3.05, 3.63) is 29.8 Å². The molecule has 4 nitrogen and oxygen atoms in total. The van der Waals surface area contributed by atoms with Crippen LogP contribution in [-0.4, -0.2) is 39.0 Å². The standard InChI is InChI=1S/C15H20F3NO3S/c1-19(2)13-7-3-11(4-8-13)12-5-9-14(10-6-12)22-23(20,21)15(16,17)18/h5-6,9-11,13H,3-4,7-8H2,1-2H3. The number of nitrogens with zero attached hydrogens (tertiary/aromatic N) is 1. The fourth-order valence-corrected chi connectivity index (χ4v) is 3.35. The number of halogens is 3. The number of benzene rings is 1. The molecule has 1 aromatic rings. The van der Waals surface area contributed by atoms with Crippen molar-refractivity contribution < 1.29 is 25.8 Å². The van der Waals surface area contributed by atoms with Crippen LogP contribution in [0.1, 0.15) is 37.2 Å². The quantitative estimate of drug-likeness (QED) is 0.615. The van der Waals surface area contributed by atoms with E-state index in [1.165, 1.54) is 12.1 Å². The molecule has 0 heterocycles. The molecular weight excluding hydrogens is 331 g/mol. The van der Waals surface area contributed by atoms with Gasteiger partial charge in [-0.3, -0.25) is 0 Å². The Kier molecular flexibility index (Phi) is 5.25. The lowest BCUT2D eigenvalue weighted by Crippen LogP contribution is -2.31. The molecule has 1 aliphatic rings. The van der Waals surface area contributed by atoms with E-state index in [2.05, 4.69) is 23.2 Å². The Morgan fingerprint density at radius 3 is 2.00 bits per heavy atom. The minimum atomic E-state index is -5.61. The summed E-state index contributed by atoms with van der Waals surface area (Å²) in [5.74, 6) is 0.0209. The van der Waals surface area contributed by atoms with Crippen molar-refractivity contribution in [3.63, 3.8) is 0 Å². The van der Waals surface area contributed by atoms with Gasteiger partial charge in [-0.15, -0.1) is 0 Å².